The minimum Gasteiger partial charge on any atom is -0.396 e. The molecule has 0 atom stereocenters. The lowest BCUT2D eigenvalue weighted by atomic mass is 10.3. The van der Waals surface area contributed by atoms with Gasteiger partial charge in [-0.05, 0) is 12.1 Å². The summed E-state index contributed by atoms with van der Waals surface area (Å²) in [5.41, 5.74) is -0.246. The van der Waals surface area contributed by atoms with E-state index in [1.165, 1.54) is 21.3 Å². The van der Waals surface area contributed by atoms with Crippen LogP contribution in [0, 0.1) is 10.1 Å². The summed E-state index contributed by atoms with van der Waals surface area (Å²) in [6.07, 6.45) is 0. The summed E-state index contributed by atoms with van der Waals surface area (Å²) in [5.74, 6) is 0.314. The van der Waals surface area contributed by atoms with Gasteiger partial charge in [-0.1, -0.05) is 0 Å². The SMILES string of the molecule is C[NH+]1CCN(S(=O)(=O)c2ccc(SCCO)c([N+](=O)[O-])c2)CC1. The molecule has 0 bridgehead atoms. The molecule has 1 aromatic rings. The van der Waals surface area contributed by atoms with E-state index < -0.39 is 14.9 Å². The van der Waals surface area contributed by atoms with Crippen molar-refractivity contribution in [1.29, 1.82) is 0 Å². The summed E-state index contributed by atoms with van der Waals surface area (Å²) in [5, 5.41) is 20.0. The summed E-state index contributed by atoms with van der Waals surface area (Å²) >= 11 is 1.13. The van der Waals surface area contributed by atoms with Crippen LogP contribution in [0.2, 0.25) is 0 Å². The molecule has 0 amide bonds. The van der Waals surface area contributed by atoms with E-state index in [2.05, 4.69) is 0 Å². The lowest BCUT2D eigenvalue weighted by Gasteiger charge is -2.29. The minimum absolute atomic E-state index is 0.0582. The number of nitro benzene ring substituents is 1. The van der Waals surface area contributed by atoms with Gasteiger partial charge in [-0.25, -0.2) is 8.42 Å². The van der Waals surface area contributed by atoms with E-state index in [0.29, 0.717) is 36.8 Å². The molecule has 0 unspecified atom stereocenters. The summed E-state index contributed by atoms with van der Waals surface area (Å²) in [4.78, 5) is 12.2. The predicted molar refractivity (Wildman–Crippen MR) is 86.3 cm³/mol. The molecule has 2 rings (SSSR count). The van der Waals surface area contributed by atoms with Crippen molar-refractivity contribution in [2.24, 2.45) is 0 Å². The van der Waals surface area contributed by atoms with Crippen LogP contribution < -0.4 is 4.90 Å². The van der Waals surface area contributed by atoms with Crippen molar-refractivity contribution in [3.63, 3.8) is 0 Å². The number of nitro groups is 1. The molecule has 23 heavy (non-hydrogen) atoms. The van der Waals surface area contributed by atoms with E-state index in [1.54, 1.807) is 0 Å². The molecular formula is C13H20N3O5S2+. The van der Waals surface area contributed by atoms with Gasteiger partial charge in [-0.3, -0.25) is 10.1 Å². The number of thioether (sulfide) groups is 1. The Labute approximate surface area is 139 Å². The Kier molecular flexibility index (Phi) is 5.98. The van der Waals surface area contributed by atoms with E-state index >= 15 is 0 Å². The molecule has 2 N–H and O–H groups in total. The second-order valence-electron chi connectivity index (χ2n) is 5.32. The highest BCUT2D eigenvalue weighted by molar-refractivity contribution is 7.99. The average molecular weight is 362 g/mol. The molecule has 1 aliphatic heterocycles. The molecule has 0 saturated carbocycles. The molecule has 1 aromatic carbocycles. The number of aliphatic hydroxyl groups excluding tert-OH is 1. The Hall–Kier alpha value is -1.20. The van der Waals surface area contributed by atoms with Gasteiger partial charge >= 0.3 is 0 Å². The fourth-order valence-electron chi connectivity index (χ4n) is 2.34. The second kappa shape index (κ2) is 7.58. The third-order valence-corrected chi connectivity index (χ3v) is 6.63. The molecule has 0 radical (unpaired) electrons. The number of aliphatic hydroxyl groups is 1. The van der Waals surface area contributed by atoms with Crippen LogP contribution >= 0.6 is 11.8 Å². The Morgan fingerprint density at radius 1 is 1.39 bits per heavy atom. The smallest absolute Gasteiger partial charge is 0.284 e. The predicted octanol–water partition coefficient (Wildman–Crippen LogP) is -0.802. The third-order valence-electron chi connectivity index (χ3n) is 3.69. The summed E-state index contributed by atoms with van der Waals surface area (Å²) < 4.78 is 26.7. The maximum absolute atomic E-state index is 12.6. The largest absolute Gasteiger partial charge is 0.396 e. The van der Waals surface area contributed by atoms with Gasteiger partial charge in [0.05, 0.1) is 54.5 Å². The van der Waals surface area contributed by atoms with Gasteiger partial charge in [0.1, 0.15) is 0 Å². The standard InChI is InChI=1S/C13H19N3O5S2/c1-14-4-6-15(7-5-14)23(20,21)11-2-3-13(22-9-8-17)12(10-11)16(18)19/h2-3,10,17H,4-9H2,1H3/p+1. The van der Waals surface area contributed by atoms with Crippen LogP contribution in [0.25, 0.3) is 0 Å². The number of hydrogen-bond donors (Lipinski definition) is 2. The van der Waals surface area contributed by atoms with Crippen molar-refractivity contribution in [3.8, 4) is 0 Å². The van der Waals surface area contributed by atoms with E-state index in [9.17, 15) is 18.5 Å². The number of rotatable bonds is 6. The maximum atomic E-state index is 12.6. The first-order valence-electron chi connectivity index (χ1n) is 7.20. The van der Waals surface area contributed by atoms with Gasteiger partial charge in [0, 0.05) is 11.8 Å². The van der Waals surface area contributed by atoms with Gasteiger partial charge in [0.2, 0.25) is 10.0 Å². The fraction of sp³-hybridized carbons (Fsp3) is 0.538. The molecule has 128 valence electrons. The van der Waals surface area contributed by atoms with Crippen molar-refractivity contribution in [2.75, 3.05) is 45.6 Å². The number of sulfonamides is 1. The lowest BCUT2D eigenvalue weighted by Crippen LogP contribution is -3.12. The normalized spacial score (nSPS) is 17.3. The third kappa shape index (κ3) is 4.21. The first-order chi connectivity index (χ1) is 10.9. The number of likely N-dealkylation sites (N-methyl/N-ethyl adjacent to an activating group) is 1. The van der Waals surface area contributed by atoms with Crippen molar-refractivity contribution < 1.29 is 23.3 Å². The van der Waals surface area contributed by atoms with Crippen LogP contribution in [0.5, 0.6) is 0 Å². The average Bonchev–Trinajstić information content (AvgIpc) is 2.53. The molecule has 1 heterocycles. The van der Waals surface area contributed by atoms with Gasteiger partial charge in [0.25, 0.3) is 5.69 Å². The summed E-state index contributed by atoms with van der Waals surface area (Å²) in [7, 11) is -1.72. The molecule has 1 fully saturated rings. The number of nitrogens with one attached hydrogen (secondary N) is 1. The van der Waals surface area contributed by atoms with E-state index in [1.807, 2.05) is 7.05 Å². The number of nitrogens with zero attached hydrogens (tertiary/aromatic N) is 2. The van der Waals surface area contributed by atoms with Crippen molar-refractivity contribution >= 4 is 27.5 Å². The maximum Gasteiger partial charge on any atom is 0.284 e. The highest BCUT2D eigenvalue weighted by atomic mass is 32.2. The van der Waals surface area contributed by atoms with Crippen LogP contribution in [0.3, 0.4) is 0 Å². The number of benzene rings is 1. The molecule has 1 aliphatic rings. The number of quaternary nitrogens is 1. The summed E-state index contributed by atoms with van der Waals surface area (Å²) in [6.45, 7) is 2.13. The van der Waals surface area contributed by atoms with Crippen LogP contribution in [0.15, 0.2) is 28.0 Å². The van der Waals surface area contributed by atoms with Crippen molar-refractivity contribution in [3.05, 3.63) is 28.3 Å². The number of piperazine rings is 1. The zero-order chi connectivity index (χ0) is 17.0. The number of hydrogen-bond acceptors (Lipinski definition) is 6. The van der Waals surface area contributed by atoms with Crippen molar-refractivity contribution in [2.45, 2.75) is 9.79 Å². The van der Waals surface area contributed by atoms with Gasteiger partial charge < -0.3 is 10.0 Å². The Balaban J connectivity index is 2.31. The van der Waals surface area contributed by atoms with Crippen LogP contribution in [-0.2, 0) is 10.0 Å². The molecule has 0 aromatic heterocycles. The monoisotopic (exact) mass is 362 g/mol. The Bertz CT molecular complexity index is 672. The highest BCUT2D eigenvalue weighted by Gasteiger charge is 2.30. The fourth-order valence-corrected chi connectivity index (χ4v) is 4.55. The van der Waals surface area contributed by atoms with E-state index in [4.69, 9.17) is 5.11 Å². The van der Waals surface area contributed by atoms with E-state index in [0.717, 1.165) is 17.8 Å². The van der Waals surface area contributed by atoms with Gasteiger partial charge in [-0.2, -0.15) is 4.31 Å². The quantitative estimate of drug-likeness (QED) is 0.390. The molecular weight excluding hydrogens is 342 g/mol. The Morgan fingerprint density at radius 2 is 2.04 bits per heavy atom. The van der Waals surface area contributed by atoms with Crippen molar-refractivity contribution in [1.82, 2.24) is 4.31 Å². The lowest BCUT2D eigenvalue weighted by molar-refractivity contribution is -0.883. The minimum atomic E-state index is -3.72. The summed E-state index contributed by atoms with van der Waals surface area (Å²) in [6, 6.07) is 3.94. The molecule has 0 spiro atoms. The van der Waals surface area contributed by atoms with Gasteiger partial charge in [0.15, 0.2) is 0 Å². The van der Waals surface area contributed by atoms with Crippen LogP contribution in [0.4, 0.5) is 5.69 Å². The van der Waals surface area contributed by atoms with Crippen LogP contribution in [0.1, 0.15) is 0 Å². The van der Waals surface area contributed by atoms with Gasteiger partial charge in [-0.15, -0.1) is 11.8 Å². The first-order valence-corrected chi connectivity index (χ1v) is 9.62. The topological polar surface area (TPSA) is 105 Å². The first kappa shape index (κ1) is 18.1. The molecule has 0 aliphatic carbocycles. The molecule has 8 nitrogen and oxygen atoms in total. The zero-order valence-corrected chi connectivity index (χ0v) is 14.4. The molecule has 1 saturated heterocycles. The second-order valence-corrected chi connectivity index (χ2v) is 8.39. The highest BCUT2D eigenvalue weighted by Crippen LogP contribution is 2.32. The molecule has 10 heteroatoms. The zero-order valence-electron chi connectivity index (χ0n) is 12.8. The van der Waals surface area contributed by atoms with Crippen LogP contribution in [-0.4, -0.2) is 68.3 Å². The Morgan fingerprint density at radius 3 is 2.61 bits per heavy atom. The van der Waals surface area contributed by atoms with E-state index in [-0.39, 0.29) is 17.2 Å².